The topological polar surface area (TPSA) is 58.1 Å². The first-order chi connectivity index (χ1) is 11.7. The molecule has 0 radical (unpaired) electrons. The van der Waals surface area contributed by atoms with E-state index in [4.69, 9.17) is 9.47 Å². The molecule has 142 valence electrons. The average molecular weight is 343 g/mol. The SMILES string of the molecule is CCCCOCCCNC(=NC)NCCCN1CC(C)OC(C)C1. The number of hydrogen-bond donors (Lipinski definition) is 2. The summed E-state index contributed by atoms with van der Waals surface area (Å²) in [6, 6.07) is 0. The lowest BCUT2D eigenvalue weighted by Crippen LogP contribution is -2.46. The Bertz CT molecular complexity index is 329. The Morgan fingerprint density at radius 1 is 1.08 bits per heavy atom. The predicted octanol–water partition coefficient (Wildman–Crippen LogP) is 1.86. The first-order valence-electron chi connectivity index (χ1n) is 9.55. The first kappa shape index (κ1) is 21.2. The summed E-state index contributed by atoms with van der Waals surface area (Å²) in [5.41, 5.74) is 0. The molecule has 0 saturated carbocycles. The Labute approximate surface area is 148 Å². The van der Waals surface area contributed by atoms with Gasteiger partial charge in [-0.05, 0) is 33.1 Å². The Morgan fingerprint density at radius 3 is 2.33 bits per heavy atom. The fourth-order valence-corrected chi connectivity index (χ4v) is 2.93. The van der Waals surface area contributed by atoms with Crippen LogP contribution in [0.3, 0.4) is 0 Å². The van der Waals surface area contributed by atoms with Crippen LogP contribution in [-0.2, 0) is 9.47 Å². The minimum absolute atomic E-state index is 0.343. The van der Waals surface area contributed by atoms with Crippen LogP contribution in [0.4, 0.5) is 0 Å². The van der Waals surface area contributed by atoms with E-state index in [0.717, 1.165) is 71.2 Å². The van der Waals surface area contributed by atoms with E-state index < -0.39 is 0 Å². The molecule has 0 aliphatic carbocycles. The normalized spacial score (nSPS) is 22.6. The lowest BCUT2D eigenvalue weighted by atomic mass is 10.2. The van der Waals surface area contributed by atoms with Gasteiger partial charge in [0.2, 0.25) is 0 Å². The second kappa shape index (κ2) is 13.4. The predicted molar refractivity (Wildman–Crippen MR) is 101 cm³/mol. The number of aliphatic imine (C=N–C) groups is 1. The molecular formula is C18H38N4O2. The fraction of sp³-hybridized carbons (Fsp3) is 0.944. The van der Waals surface area contributed by atoms with E-state index in [1.807, 2.05) is 7.05 Å². The third kappa shape index (κ3) is 10.1. The molecule has 2 N–H and O–H groups in total. The number of nitrogens with zero attached hydrogens (tertiary/aromatic N) is 2. The molecule has 1 aliphatic rings. The Balaban J connectivity index is 2.01. The minimum atomic E-state index is 0.343. The Kier molecular flexibility index (Phi) is 11.9. The summed E-state index contributed by atoms with van der Waals surface area (Å²) in [5.74, 6) is 0.882. The van der Waals surface area contributed by atoms with E-state index in [1.54, 1.807) is 0 Å². The van der Waals surface area contributed by atoms with Crippen molar-refractivity contribution in [2.45, 2.75) is 58.7 Å². The van der Waals surface area contributed by atoms with Gasteiger partial charge in [-0.25, -0.2) is 0 Å². The van der Waals surface area contributed by atoms with Crippen molar-refractivity contribution >= 4 is 5.96 Å². The van der Waals surface area contributed by atoms with Crippen molar-refractivity contribution in [3.63, 3.8) is 0 Å². The maximum atomic E-state index is 5.77. The van der Waals surface area contributed by atoms with Crippen LogP contribution in [0.2, 0.25) is 0 Å². The minimum Gasteiger partial charge on any atom is -0.381 e. The zero-order chi connectivity index (χ0) is 17.6. The molecule has 2 atom stereocenters. The van der Waals surface area contributed by atoms with Crippen LogP contribution in [0.25, 0.3) is 0 Å². The van der Waals surface area contributed by atoms with Crippen LogP contribution in [0.15, 0.2) is 4.99 Å². The van der Waals surface area contributed by atoms with E-state index in [2.05, 4.69) is 41.3 Å². The van der Waals surface area contributed by atoms with Crippen molar-refractivity contribution in [2.24, 2.45) is 4.99 Å². The molecule has 0 aromatic rings. The smallest absolute Gasteiger partial charge is 0.190 e. The van der Waals surface area contributed by atoms with Crippen LogP contribution in [0.5, 0.6) is 0 Å². The molecule has 6 nitrogen and oxygen atoms in total. The highest BCUT2D eigenvalue weighted by molar-refractivity contribution is 5.79. The van der Waals surface area contributed by atoms with Gasteiger partial charge in [0.25, 0.3) is 0 Å². The number of hydrogen-bond acceptors (Lipinski definition) is 4. The van der Waals surface area contributed by atoms with E-state index in [-0.39, 0.29) is 0 Å². The highest BCUT2D eigenvalue weighted by Gasteiger charge is 2.21. The molecule has 0 bridgehead atoms. The maximum Gasteiger partial charge on any atom is 0.190 e. The summed E-state index contributed by atoms with van der Waals surface area (Å²) in [6.45, 7) is 13.2. The van der Waals surface area contributed by atoms with Gasteiger partial charge in [-0.2, -0.15) is 0 Å². The third-order valence-electron chi connectivity index (χ3n) is 4.06. The van der Waals surface area contributed by atoms with Gasteiger partial charge >= 0.3 is 0 Å². The van der Waals surface area contributed by atoms with E-state index in [0.29, 0.717) is 12.2 Å². The summed E-state index contributed by atoms with van der Waals surface area (Å²) >= 11 is 0. The van der Waals surface area contributed by atoms with Crippen LogP contribution >= 0.6 is 0 Å². The average Bonchev–Trinajstić information content (AvgIpc) is 2.55. The van der Waals surface area contributed by atoms with Crippen LogP contribution in [0, 0.1) is 0 Å². The van der Waals surface area contributed by atoms with Gasteiger partial charge in [0.1, 0.15) is 0 Å². The van der Waals surface area contributed by atoms with E-state index >= 15 is 0 Å². The third-order valence-corrected chi connectivity index (χ3v) is 4.06. The summed E-state index contributed by atoms with van der Waals surface area (Å²) in [6.07, 6.45) is 5.15. The molecule has 0 aromatic carbocycles. The van der Waals surface area contributed by atoms with Gasteiger partial charge in [-0.1, -0.05) is 13.3 Å². The highest BCUT2D eigenvalue weighted by Crippen LogP contribution is 2.10. The van der Waals surface area contributed by atoms with Gasteiger partial charge in [-0.3, -0.25) is 9.89 Å². The Morgan fingerprint density at radius 2 is 1.71 bits per heavy atom. The van der Waals surface area contributed by atoms with E-state index in [9.17, 15) is 0 Å². The van der Waals surface area contributed by atoms with Gasteiger partial charge < -0.3 is 20.1 Å². The molecule has 1 heterocycles. The molecule has 24 heavy (non-hydrogen) atoms. The second-order valence-electron chi connectivity index (χ2n) is 6.62. The number of guanidine groups is 1. The van der Waals surface area contributed by atoms with Crippen molar-refractivity contribution in [2.75, 3.05) is 53.0 Å². The second-order valence-corrected chi connectivity index (χ2v) is 6.62. The van der Waals surface area contributed by atoms with Crippen molar-refractivity contribution < 1.29 is 9.47 Å². The van der Waals surface area contributed by atoms with Crippen LogP contribution < -0.4 is 10.6 Å². The van der Waals surface area contributed by atoms with Crippen molar-refractivity contribution in [3.8, 4) is 0 Å². The van der Waals surface area contributed by atoms with Crippen LogP contribution in [0.1, 0.15) is 46.5 Å². The largest absolute Gasteiger partial charge is 0.381 e. The molecule has 6 heteroatoms. The summed E-state index contributed by atoms with van der Waals surface area (Å²) < 4.78 is 11.3. The number of morpholine rings is 1. The molecule has 0 amide bonds. The number of rotatable bonds is 11. The van der Waals surface area contributed by atoms with Crippen molar-refractivity contribution in [1.29, 1.82) is 0 Å². The molecule has 0 aromatic heterocycles. The van der Waals surface area contributed by atoms with Crippen molar-refractivity contribution in [1.82, 2.24) is 15.5 Å². The zero-order valence-electron chi connectivity index (χ0n) is 16.1. The number of unbranched alkanes of at least 4 members (excludes halogenated alkanes) is 1. The lowest BCUT2D eigenvalue weighted by molar-refractivity contribution is -0.0679. The standard InChI is InChI=1S/C18H38N4O2/c1-5-6-12-23-13-8-10-21-18(19-4)20-9-7-11-22-14-16(2)24-17(3)15-22/h16-17H,5-15H2,1-4H3,(H2,19,20,21). The highest BCUT2D eigenvalue weighted by atomic mass is 16.5. The lowest BCUT2D eigenvalue weighted by Gasteiger charge is -2.35. The molecular weight excluding hydrogens is 304 g/mol. The molecule has 0 spiro atoms. The van der Waals surface area contributed by atoms with Gasteiger partial charge in [0.05, 0.1) is 12.2 Å². The molecule has 1 aliphatic heterocycles. The summed E-state index contributed by atoms with van der Waals surface area (Å²) in [5, 5.41) is 6.72. The number of nitrogens with one attached hydrogen (secondary N) is 2. The fourth-order valence-electron chi connectivity index (χ4n) is 2.93. The first-order valence-corrected chi connectivity index (χ1v) is 9.55. The molecule has 2 unspecified atom stereocenters. The van der Waals surface area contributed by atoms with Crippen LogP contribution in [-0.4, -0.2) is 76.1 Å². The zero-order valence-corrected chi connectivity index (χ0v) is 16.1. The quantitative estimate of drug-likeness (QED) is 0.341. The Hall–Kier alpha value is -0.850. The van der Waals surface area contributed by atoms with Gasteiger partial charge in [0, 0.05) is 53.0 Å². The van der Waals surface area contributed by atoms with Gasteiger partial charge in [-0.15, -0.1) is 0 Å². The van der Waals surface area contributed by atoms with Gasteiger partial charge in [0.15, 0.2) is 5.96 Å². The summed E-state index contributed by atoms with van der Waals surface area (Å²) in [4.78, 5) is 6.75. The molecule has 1 saturated heterocycles. The van der Waals surface area contributed by atoms with Crippen molar-refractivity contribution in [3.05, 3.63) is 0 Å². The monoisotopic (exact) mass is 342 g/mol. The number of ether oxygens (including phenoxy) is 2. The summed E-state index contributed by atoms with van der Waals surface area (Å²) in [7, 11) is 1.82. The molecule has 1 fully saturated rings. The molecule has 1 rings (SSSR count). The van der Waals surface area contributed by atoms with E-state index in [1.165, 1.54) is 6.42 Å². The maximum absolute atomic E-state index is 5.77.